The maximum absolute atomic E-state index is 10.2. The van der Waals surface area contributed by atoms with Gasteiger partial charge < -0.3 is 15.8 Å². The van der Waals surface area contributed by atoms with E-state index in [1.165, 1.54) is 19.4 Å². The van der Waals surface area contributed by atoms with Gasteiger partial charge in [0.05, 0.1) is 6.61 Å². The number of hydrogen-bond acceptors (Lipinski definition) is 3. The molecule has 1 fully saturated rings. The molecule has 0 aromatic rings. The van der Waals surface area contributed by atoms with Crippen LogP contribution < -0.4 is 11.1 Å². The summed E-state index contributed by atoms with van der Waals surface area (Å²) in [6.45, 7) is 5.81. The molecule has 4 nitrogen and oxygen atoms in total. The van der Waals surface area contributed by atoms with E-state index in [9.17, 15) is 4.79 Å². The maximum atomic E-state index is 10.2. The molecule has 1 amide bonds. The first kappa shape index (κ1) is 14.4. The Labute approximate surface area is 92.6 Å². The molecule has 3 N–H and O–H groups in total. The largest absolute Gasteiger partial charge is 0.383 e. The fourth-order valence-corrected chi connectivity index (χ4v) is 1.30. The van der Waals surface area contributed by atoms with Crippen LogP contribution in [0.2, 0.25) is 0 Å². The average molecular weight is 216 g/mol. The third-order valence-electron chi connectivity index (χ3n) is 2.63. The van der Waals surface area contributed by atoms with Crippen molar-refractivity contribution in [2.45, 2.75) is 39.2 Å². The van der Waals surface area contributed by atoms with E-state index in [0.29, 0.717) is 6.04 Å². The lowest BCUT2D eigenvalue weighted by Crippen LogP contribution is -2.25. The molecule has 0 radical (unpaired) electrons. The minimum Gasteiger partial charge on any atom is -0.383 e. The first-order chi connectivity index (χ1) is 7.11. The van der Waals surface area contributed by atoms with Crippen molar-refractivity contribution in [2.24, 2.45) is 11.7 Å². The van der Waals surface area contributed by atoms with Crippen molar-refractivity contribution < 1.29 is 9.53 Å². The predicted octanol–water partition coefficient (Wildman–Crippen LogP) is 0.903. The lowest BCUT2D eigenvalue weighted by molar-refractivity contribution is -0.121. The Kier molecular flexibility index (Phi) is 8.33. The van der Waals surface area contributed by atoms with Crippen molar-refractivity contribution in [3.63, 3.8) is 0 Å². The van der Waals surface area contributed by atoms with Crippen molar-refractivity contribution >= 4 is 5.91 Å². The molecule has 1 aliphatic rings. The first-order valence-corrected chi connectivity index (χ1v) is 5.63. The van der Waals surface area contributed by atoms with Gasteiger partial charge in [-0.1, -0.05) is 13.8 Å². The molecule has 0 aromatic carbocycles. The molecule has 15 heavy (non-hydrogen) atoms. The summed E-state index contributed by atoms with van der Waals surface area (Å²) in [6, 6.07) is 0.639. The molecule has 1 heterocycles. The van der Waals surface area contributed by atoms with Gasteiger partial charge in [0.25, 0.3) is 0 Å². The summed E-state index contributed by atoms with van der Waals surface area (Å²) < 4.78 is 4.96. The van der Waals surface area contributed by atoms with Gasteiger partial charge in [0, 0.05) is 19.1 Å². The number of primary amides is 1. The number of methoxy groups -OCH3 is 1. The van der Waals surface area contributed by atoms with Gasteiger partial charge in [0.2, 0.25) is 5.91 Å². The highest BCUT2D eigenvalue weighted by Crippen LogP contribution is 2.03. The minimum atomic E-state index is -0.206. The van der Waals surface area contributed by atoms with Gasteiger partial charge in [0.15, 0.2) is 0 Å². The topological polar surface area (TPSA) is 64.4 Å². The van der Waals surface area contributed by atoms with Crippen molar-refractivity contribution in [1.29, 1.82) is 0 Å². The van der Waals surface area contributed by atoms with E-state index in [4.69, 9.17) is 10.5 Å². The van der Waals surface area contributed by atoms with Gasteiger partial charge in [0.1, 0.15) is 0 Å². The smallest absolute Gasteiger partial charge is 0.220 e. The minimum absolute atomic E-state index is 0.0417. The number of carbonyl (C=O) groups excluding carboxylic acids is 1. The molecule has 0 bridgehead atoms. The molecule has 1 saturated heterocycles. The van der Waals surface area contributed by atoms with Crippen LogP contribution in [0, 0.1) is 5.92 Å². The lowest BCUT2D eigenvalue weighted by atomic mass is 10.1. The molecule has 0 aliphatic carbocycles. The monoisotopic (exact) mass is 216 g/mol. The summed E-state index contributed by atoms with van der Waals surface area (Å²) in [6.07, 6.45) is 3.44. The summed E-state index contributed by atoms with van der Waals surface area (Å²) in [5.74, 6) is -0.164. The van der Waals surface area contributed by atoms with Crippen LogP contribution in [0.3, 0.4) is 0 Å². The molecule has 1 rings (SSSR count). The standard InChI is InChI=1S/C6H13NO.C5H11NO/c1-8-5-6-3-2-4-7-6;1-3-4(2)5(6)7/h6-7H,2-5H2,1H3;4H,3H2,1-2H3,(H2,6,7). The van der Waals surface area contributed by atoms with Gasteiger partial charge >= 0.3 is 0 Å². The van der Waals surface area contributed by atoms with E-state index in [0.717, 1.165) is 13.0 Å². The molecule has 90 valence electrons. The van der Waals surface area contributed by atoms with Crippen molar-refractivity contribution in [3.8, 4) is 0 Å². The summed E-state index contributed by atoms with van der Waals surface area (Å²) in [4.78, 5) is 10.2. The van der Waals surface area contributed by atoms with Crippen LogP contribution in [0.15, 0.2) is 0 Å². The number of nitrogens with one attached hydrogen (secondary N) is 1. The van der Waals surface area contributed by atoms with Crippen LogP contribution in [0.1, 0.15) is 33.1 Å². The highest BCUT2D eigenvalue weighted by molar-refractivity contribution is 5.76. The van der Waals surface area contributed by atoms with Gasteiger partial charge in [-0.25, -0.2) is 0 Å². The van der Waals surface area contributed by atoms with E-state index in [-0.39, 0.29) is 11.8 Å². The highest BCUT2D eigenvalue weighted by Gasteiger charge is 2.12. The fourth-order valence-electron chi connectivity index (χ4n) is 1.30. The maximum Gasteiger partial charge on any atom is 0.220 e. The van der Waals surface area contributed by atoms with E-state index in [1.54, 1.807) is 7.11 Å². The second kappa shape index (κ2) is 8.68. The molecular weight excluding hydrogens is 192 g/mol. The first-order valence-electron chi connectivity index (χ1n) is 5.63. The number of nitrogens with two attached hydrogens (primary N) is 1. The van der Waals surface area contributed by atoms with E-state index >= 15 is 0 Å². The lowest BCUT2D eigenvalue weighted by Gasteiger charge is -2.05. The van der Waals surface area contributed by atoms with Crippen LogP contribution in [0.4, 0.5) is 0 Å². The van der Waals surface area contributed by atoms with Gasteiger partial charge in [-0.05, 0) is 25.8 Å². The van der Waals surface area contributed by atoms with E-state index in [1.807, 2.05) is 13.8 Å². The van der Waals surface area contributed by atoms with E-state index in [2.05, 4.69) is 5.32 Å². The SMILES string of the molecule is CCC(C)C(N)=O.COCC1CCCN1. The van der Waals surface area contributed by atoms with Crippen LogP contribution in [0.5, 0.6) is 0 Å². The molecule has 2 unspecified atom stereocenters. The number of ether oxygens (including phenoxy) is 1. The Morgan fingerprint density at radius 1 is 1.67 bits per heavy atom. The summed E-state index contributed by atoms with van der Waals surface area (Å²) >= 11 is 0. The Bertz CT molecular complexity index is 168. The molecule has 0 saturated carbocycles. The molecule has 2 atom stereocenters. The Morgan fingerprint density at radius 2 is 2.33 bits per heavy atom. The molecule has 0 spiro atoms. The highest BCUT2D eigenvalue weighted by atomic mass is 16.5. The summed E-state index contributed by atoms with van der Waals surface area (Å²) in [7, 11) is 1.75. The molecular formula is C11H24N2O2. The second-order valence-corrected chi connectivity index (χ2v) is 3.96. The third kappa shape index (κ3) is 7.33. The zero-order valence-corrected chi connectivity index (χ0v) is 10.1. The zero-order valence-electron chi connectivity index (χ0n) is 10.1. The van der Waals surface area contributed by atoms with Crippen LogP contribution in [-0.2, 0) is 9.53 Å². The van der Waals surface area contributed by atoms with Gasteiger partial charge in [-0.15, -0.1) is 0 Å². The number of rotatable bonds is 4. The van der Waals surface area contributed by atoms with Crippen LogP contribution >= 0.6 is 0 Å². The third-order valence-corrected chi connectivity index (χ3v) is 2.63. The van der Waals surface area contributed by atoms with Crippen molar-refractivity contribution in [1.82, 2.24) is 5.32 Å². The molecule has 1 aliphatic heterocycles. The fraction of sp³-hybridized carbons (Fsp3) is 0.909. The number of hydrogen-bond donors (Lipinski definition) is 2. The second-order valence-electron chi connectivity index (χ2n) is 3.96. The Hall–Kier alpha value is -0.610. The zero-order chi connectivity index (χ0) is 11.7. The molecule has 4 heteroatoms. The summed E-state index contributed by atoms with van der Waals surface area (Å²) in [5, 5.41) is 3.33. The van der Waals surface area contributed by atoms with Crippen LogP contribution in [0.25, 0.3) is 0 Å². The quantitative estimate of drug-likeness (QED) is 0.734. The number of carbonyl (C=O) groups is 1. The Morgan fingerprint density at radius 3 is 2.60 bits per heavy atom. The normalized spacial score (nSPS) is 21.7. The van der Waals surface area contributed by atoms with Crippen LogP contribution in [-0.4, -0.2) is 32.2 Å². The molecule has 0 aromatic heterocycles. The van der Waals surface area contributed by atoms with Gasteiger partial charge in [-0.2, -0.15) is 0 Å². The van der Waals surface area contributed by atoms with E-state index < -0.39 is 0 Å². The summed E-state index contributed by atoms with van der Waals surface area (Å²) in [5.41, 5.74) is 4.91. The van der Waals surface area contributed by atoms with Gasteiger partial charge in [-0.3, -0.25) is 4.79 Å². The van der Waals surface area contributed by atoms with Crippen molar-refractivity contribution in [3.05, 3.63) is 0 Å². The van der Waals surface area contributed by atoms with Crippen molar-refractivity contribution in [2.75, 3.05) is 20.3 Å². The Balaban J connectivity index is 0.000000265. The average Bonchev–Trinajstić information content (AvgIpc) is 2.71. The predicted molar refractivity (Wildman–Crippen MR) is 61.6 cm³/mol. The number of amides is 1.